The van der Waals surface area contributed by atoms with Crippen molar-refractivity contribution in [1.82, 2.24) is 14.5 Å². The second-order valence-electron chi connectivity index (χ2n) is 4.31. The van der Waals surface area contributed by atoms with Gasteiger partial charge in [-0.25, -0.2) is 13.1 Å². The third-order valence-corrected chi connectivity index (χ3v) is 5.68. The highest BCUT2D eigenvalue weighted by atomic mass is 32.2. The quantitative estimate of drug-likeness (QED) is 0.702. The Morgan fingerprint density at radius 3 is 2.90 bits per heavy atom. The van der Waals surface area contributed by atoms with Crippen molar-refractivity contribution >= 4 is 27.3 Å². The zero-order valence-corrected chi connectivity index (χ0v) is 12.7. The predicted molar refractivity (Wildman–Crippen MR) is 77.7 cm³/mol. The lowest BCUT2D eigenvalue weighted by Crippen LogP contribution is -2.24. The van der Waals surface area contributed by atoms with Gasteiger partial charge in [0.05, 0.1) is 6.42 Å². The molecule has 0 bridgehead atoms. The maximum absolute atomic E-state index is 12.0. The van der Waals surface area contributed by atoms with Gasteiger partial charge in [-0.3, -0.25) is 9.48 Å². The Hall–Kier alpha value is -1.71. The second-order valence-corrected chi connectivity index (χ2v) is 7.47. The lowest BCUT2D eigenvalue weighted by Gasteiger charge is -2.05. The number of rotatable bonds is 8. The minimum Gasteiger partial charge on any atom is -0.481 e. The van der Waals surface area contributed by atoms with Crippen molar-refractivity contribution in [3.05, 3.63) is 35.5 Å². The summed E-state index contributed by atoms with van der Waals surface area (Å²) in [5.74, 6) is -0.979. The lowest BCUT2D eigenvalue weighted by atomic mass is 10.3. The van der Waals surface area contributed by atoms with Crippen LogP contribution in [0.25, 0.3) is 0 Å². The summed E-state index contributed by atoms with van der Waals surface area (Å²) in [6.07, 6.45) is 3.93. The van der Waals surface area contributed by atoms with E-state index in [-0.39, 0.29) is 10.6 Å². The first-order valence-corrected chi connectivity index (χ1v) is 8.55. The third-order valence-electron chi connectivity index (χ3n) is 2.64. The first-order chi connectivity index (χ1) is 9.97. The molecule has 0 aliphatic heterocycles. The number of aliphatic carboxylic acids is 1. The Morgan fingerprint density at radius 2 is 2.24 bits per heavy atom. The van der Waals surface area contributed by atoms with Crippen LogP contribution < -0.4 is 4.72 Å². The molecule has 0 fully saturated rings. The predicted octanol–water partition coefficient (Wildman–Crippen LogP) is 0.940. The number of sulfonamides is 1. The molecule has 0 aliphatic carbocycles. The van der Waals surface area contributed by atoms with Gasteiger partial charge in [0.15, 0.2) is 0 Å². The highest BCUT2D eigenvalue weighted by molar-refractivity contribution is 7.91. The molecule has 7 nitrogen and oxygen atoms in total. The molecule has 0 amide bonds. The van der Waals surface area contributed by atoms with Gasteiger partial charge in [-0.1, -0.05) is 0 Å². The van der Waals surface area contributed by atoms with E-state index >= 15 is 0 Å². The van der Waals surface area contributed by atoms with Crippen LogP contribution in [0.4, 0.5) is 0 Å². The summed E-state index contributed by atoms with van der Waals surface area (Å²) >= 11 is 0.975. The van der Waals surface area contributed by atoms with Crippen molar-refractivity contribution in [3.63, 3.8) is 0 Å². The number of hydrogen-bond donors (Lipinski definition) is 2. The number of hydrogen-bond acceptors (Lipinski definition) is 5. The van der Waals surface area contributed by atoms with Crippen LogP contribution in [0, 0.1) is 0 Å². The van der Waals surface area contributed by atoms with Crippen LogP contribution in [0.3, 0.4) is 0 Å². The average molecular weight is 329 g/mol. The van der Waals surface area contributed by atoms with E-state index in [0.717, 1.165) is 11.3 Å². The van der Waals surface area contributed by atoms with E-state index in [1.807, 2.05) is 6.20 Å². The maximum atomic E-state index is 12.0. The van der Waals surface area contributed by atoms with Gasteiger partial charge in [-0.2, -0.15) is 5.10 Å². The van der Waals surface area contributed by atoms with E-state index in [2.05, 4.69) is 9.82 Å². The molecule has 114 valence electrons. The molecular weight excluding hydrogens is 314 g/mol. The van der Waals surface area contributed by atoms with Gasteiger partial charge >= 0.3 is 5.97 Å². The van der Waals surface area contributed by atoms with Gasteiger partial charge in [-0.05, 0) is 24.6 Å². The summed E-state index contributed by atoms with van der Waals surface area (Å²) in [6.45, 7) is 0.929. The molecule has 21 heavy (non-hydrogen) atoms. The van der Waals surface area contributed by atoms with E-state index in [0.29, 0.717) is 24.4 Å². The molecule has 9 heteroatoms. The summed E-state index contributed by atoms with van der Waals surface area (Å²) in [4.78, 5) is 11.1. The summed E-state index contributed by atoms with van der Waals surface area (Å²) in [5, 5.41) is 12.7. The summed E-state index contributed by atoms with van der Waals surface area (Å²) in [5.41, 5.74) is 0. The third kappa shape index (κ3) is 4.66. The van der Waals surface area contributed by atoms with Crippen LogP contribution >= 0.6 is 11.3 Å². The van der Waals surface area contributed by atoms with Crippen molar-refractivity contribution in [2.45, 2.75) is 23.6 Å². The monoisotopic (exact) mass is 329 g/mol. The first-order valence-electron chi connectivity index (χ1n) is 6.25. The minimum absolute atomic E-state index is 0.137. The molecule has 0 atom stereocenters. The summed E-state index contributed by atoms with van der Waals surface area (Å²) in [7, 11) is -3.57. The van der Waals surface area contributed by atoms with Crippen molar-refractivity contribution in [3.8, 4) is 0 Å². The fraction of sp³-hybridized carbons (Fsp3) is 0.333. The van der Waals surface area contributed by atoms with Crippen LogP contribution in [-0.4, -0.2) is 35.8 Å². The minimum atomic E-state index is -3.57. The van der Waals surface area contributed by atoms with E-state index < -0.39 is 16.0 Å². The van der Waals surface area contributed by atoms with E-state index in [4.69, 9.17) is 5.11 Å². The van der Waals surface area contributed by atoms with E-state index in [9.17, 15) is 13.2 Å². The van der Waals surface area contributed by atoms with Gasteiger partial charge in [0.1, 0.15) is 4.21 Å². The van der Waals surface area contributed by atoms with Gasteiger partial charge in [0, 0.05) is 30.4 Å². The fourth-order valence-electron chi connectivity index (χ4n) is 1.70. The molecule has 2 rings (SSSR count). The zero-order chi connectivity index (χ0) is 15.3. The molecule has 2 heterocycles. The number of carbonyl (C=O) groups is 1. The number of thiophene rings is 1. The number of nitrogens with zero attached hydrogens (tertiary/aromatic N) is 2. The molecule has 0 saturated carbocycles. The number of carboxylic acids is 1. The lowest BCUT2D eigenvalue weighted by molar-refractivity contribution is -0.136. The van der Waals surface area contributed by atoms with Crippen LogP contribution in [0.2, 0.25) is 0 Å². The van der Waals surface area contributed by atoms with Crippen LogP contribution in [0.1, 0.15) is 11.3 Å². The first kappa shape index (κ1) is 15.7. The molecule has 2 aromatic heterocycles. The largest absolute Gasteiger partial charge is 0.481 e. The van der Waals surface area contributed by atoms with Crippen molar-refractivity contribution in [1.29, 1.82) is 0 Å². The molecule has 0 aromatic carbocycles. The molecule has 0 unspecified atom stereocenters. The van der Waals surface area contributed by atoms with Gasteiger partial charge in [-0.15, -0.1) is 11.3 Å². The molecule has 2 N–H and O–H groups in total. The Balaban J connectivity index is 1.86. The van der Waals surface area contributed by atoms with Crippen LogP contribution in [0.15, 0.2) is 34.8 Å². The Kier molecular flexibility index (Phi) is 5.10. The molecular formula is C12H15N3O4S2. The summed E-state index contributed by atoms with van der Waals surface area (Å²) in [6, 6.07) is 4.76. The molecule has 0 spiro atoms. The molecule has 0 radical (unpaired) electrons. The number of carboxylic acid groups (broad SMARTS) is 1. The fourth-order valence-corrected chi connectivity index (χ4v) is 4.16. The topological polar surface area (TPSA) is 101 Å². The van der Waals surface area contributed by atoms with E-state index in [1.54, 1.807) is 16.9 Å². The number of aromatic nitrogens is 2. The highest BCUT2D eigenvalue weighted by Gasteiger charge is 2.16. The van der Waals surface area contributed by atoms with Crippen molar-refractivity contribution in [2.24, 2.45) is 0 Å². The number of nitrogens with one attached hydrogen (secondary N) is 1. The average Bonchev–Trinajstić information content (AvgIpc) is 3.05. The van der Waals surface area contributed by atoms with Gasteiger partial charge in [0.2, 0.25) is 10.0 Å². The Bertz CT molecular complexity index is 692. The normalized spacial score (nSPS) is 11.6. The van der Waals surface area contributed by atoms with E-state index in [1.165, 1.54) is 12.1 Å². The van der Waals surface area contributed by atoms with Gasteiger partial charge in [0.25, 0.3) is 0 Å². The second kappa shape index (κ2) is 6.83. The van der Waals surface area contributed by atoms with Gasteiger partial charge < -0.3 is 5.11 Å². The highest BCUT2D eigenvalue weighted by Crippen LogP contribution is 2.21. The summed E-state index contributed by atoms with van der Waals surface area (Å²) < 4.78 is 28.4. The zero-order valence-electron chi connectivity index (χ0n) is 11.1. The number of aryl methyl sites for hydroxylation is 1. The molecule has 0 aliphatic rings. The molecule has 2 aromatic rings. The Labute approximate surface area is 126 Å². The SMILES string of the molecule is O=C(O)Cc1ccc(S(=O)(=O)NCCCn2cccn2)s1. The smallest absolute Gasteiger partial charge is 0.308 e. The molecule has 0 saturated heterocycles. The maximum Gasteiger partial charge on any atom is 0.308 e. The van der Waals surface area contributed by atoms with Crippen molar-refractivity contribution < 1.29 is 18.3 Å². The standard InChI is InChI=1S/C12H15N3O4S2/c16-11(17)9-10-3-4-12(20-10)21(18,19)14-6-2-8-15-7-1-5-13-15/h1,3-5,7,14H,2,6,8-9H2,(H,16,17). The van der Waals surface area contributed by atoms with Crippen molar-refractivity contribution in [2.75, 3.05) is 6.54 Å². The Morgan fingerprint density at radius 1 is 1.43 bits per heavy atom. The van der Waals surface area contributed by atoms with Crippen LogP contribution in [-0.2, 0) is 27.8 Å². The van der Waals surface area contributed by atoms with Crippen LogP contribution in [0.5, 0.6) is 0 Å².